The first-order valence-corrected chi connectivity index (χ1v) is 9.60. The van der Waals surface area contributed by atoms with E-state index in [1.807, 2.05) is 11.3 Å². The lowest BCUT2D eigenvalue weighted by Crippen LogP contribution is -2.12. The van der Waals surface area contributed by atoms with Gasteiger partial charge >= 0.3 is 0 Å². The van der Waals surface area contributed by atoms with Gasteiger partial charge in [0.2, 0.25) is 0 Å². The summed E-state index contributed by atoms with van der Waals surface area (Å²) in [7, 11) is 2.21. The molecule has 0 aliphatic rings. The van der Waals surface area contributed by atoms with E-state index in [1.54, 1.807) is 0 Å². The van der Waals surface area contributed by atoms with E-state index < -0.39 is 0 Å². The molecule has 0 fully saturated rings. The molecule has 0 aliphatic carbocycles. The molecule has 124 valence electrons. The fraction of sp³-hybridized carbons (Fsp3) is 0.217. The normalized spacial score (nSPS) is 12.8. The van der Waals surface area contributed by atoms with E-state index in [9.17, 15) is 0 Å². The van der Waals surface area contributed by atoms with Crippen molar-refractivity contribution in [1.82, 2.24) is 4.57 Å². The average molecular weight is 343 g/mol. The summed E-state index contributed by atoms with van der Waals surface area (Å²) >= 11 is 1.92. The van der Waals surface area contributed by atoms with Crippen molar-refractivity contribution in [2.75, 3.05) is 0 Å². The first kappa shape index (κ1) is 15.0. The van der Waals surface area contributed by atoms with Crippen LogP contribution in [0.4, 0.5) is 0 Å². The molecule has 0 spiro atoms. The second-order valence-corrected chi connectivity index (χ2v) is 9.00. The Kier molecular flexibility index (Phi) is 2.91. The Morgan fingerprint density at radius 2 is 1.56 bits per heavy atom. The van der Waals surface area contributed by atoms with Gasteiger partial charge in [-0.15, -0.1) is 11.3 Å². The topological polar surface area (TPSA) is 4.93 Å². The largest absolute Gasteiger partial charge is 0.343 e. The number of aryl methyl sites for hydroxylation is 1. The molecule has 2 aromatic heterocycles. The number of aromatic nitrogens is 1. The predicted molar refractivity (Wildman–Crippen MR) is 112 cm³/mol. The second kappa shape index (κ2) is 4.86. The number of fused-ring (bicyclic) bond motifs is 7. The third-order valence-electron chi connectivity index (χ3n) is 5.34. The fourth-order valence-corrected chi connectivity index (χ4v) is 5.41. The maximum absolute atomic E-state index is 2.38. The number of para-hydroxylation sites is 1. The van der Waals surface area contributed by atoms with Crippen LogP contribution in [0.3, 0.4) is 0 Å². The van der Waals surface area contributed by atoms with Gasteiger partial charge in [0.25, 0.3) is 0 Å². The number of hydrogen-bond acceptors (Lipinski definition) is 1. The van der Waals surface area contributed by atoms with Gasteiger partial charge < -0.3 is 4.57 Å². The maximum atomic E-state index is 2.38. The molecule has 0 unspecified atom stereocenters. The number of rotatable bonds is 0. The van der Waals surface area contributed by atoms with Crippen LogP contribution in [0.25, 0.3) is 42.0 Å². The minimum atomic E-state index is 0.126. The molecule has 0 saturated heterocycles. The Morgan fingerprint density at radius 1 is 0.800 bits per heavy atom. The zero-order valence-corrected chi connectivity index (χ0v) is 15.9. The molecule has 0 N–H and O–H groups in total. The van der Waals surface area contributed by atoms with Gasteiger partial charge in [-0.25, -0.2) is 0 Å². The SMILES string of the molecule is Cn1c2ccc3c4ccccc4sc3c2c2cccc(C(C)(C)C)c21. The first-order valence-electron chi connectivity index (χ1n) is 8.78. The van der Waals surface area contributed by atoms with Crippen LogP contribution in [-0.2, 0) is 12.5 Å². The van der Waals surface area contributed by atoms with Crippen molar-refractivity contribution in [3.8, 4) is 0 Å². The highest BCUT2D eigenvalue weighted by molar-refractivity contribution is 7.26. The Labute approximate surface area is 151 Å². The summed E-state index contributed by atoms with van der Waals surface area (Å²) in [5, 5.41) is 5.53. The van der Waals surface area contributed by atoms with Gasteiger partial charge in [-0.2, -0.15) is 0 Å². The van der Waals surface area contributed by atoms with Crippen LogP contribution < -0.4 is 0 Å². The van der Waals surface area contributed by atoms with Crippen molar-refractivity contribution in [2.45, 2.75) is 26.2 Å². The molecule has 1 nitrogen and oxygen atoms in total. The smallest absolute Gasteiger partial charge is 0.0527 e. The Hall–Kier alpha value is -2.32. The van der Waals surface area contributed by atoms with Crippen molar-refractivity contribution in [3.63, 3.8) is 0 Å². The van der Waals surface area contributed by atoms with E-state index in [4.69, 9.17) is 0 Å². The van der Waals surface area contributed by atoms with Crippen molar-refractivity contribution >= 4 is 53.3 Å². The molecule has 5 aromatic rings. The minimum absolute atomic E-state index is 0.126. The van der Waals surface area contributed by atoms with Gasteiger partial charge in [0.05, 0.1) is 11.0 Å². The third-order valence-corrected chi connectivity index (χ3v) is 6.54. The molecular formula is C23H21NS. The Morgan fingerprint density at radius 3 is 2.36 bits per heavy atom. The van der Waals surface area contributed by atoms with Crippen LogP contribution >= 0.6 is 11.3 Å². The van der Waals surface area contributed by atoms with Gasteiger partial charge in [0.15, 0.2) is 0 Å². The van der Waals surface area contributed by atoms with Crippen LogP contribution in [-0.4, -0.2) is 4.57 Å². The molecule has 0 saturated carbocycles. The van der Waals surface area contributed by atoms with Crippen molar-refractivity contribution < 1.29 is 0 Å². The molecule has 0 amide bonds. The molecule has 0 aliphatic heterocycles. The van der Waals surface area contributed by atoms with Gasteiger partial charge in [0.1, 0.15) is 0 Å². The molecule has 3 aromatic carbocycles. The summed E-state index contributed by atoms with van der Waals surface area (Å²) in [6.45, 7) is 6.90. The molecule has 25 heavy (non-hydrogen) atoms. The van der Waals surface area contributed by atoms with Crippen LogP contribution in [0.5, 0.6) is 0 Å². The highest BCUT2D eigenvalue weighted by Crippen LogP contribution is 2.43. The second-order valence-electron chi connectivity index (χ2n) is 7.95. The van der Waals surface area contributed by atoms with Gasteiger partial charge in [-0.3, -0.25) is 0 Å². The summed E-state index contributed by atoms with van der Waals surface area (Å²) in [5.74, 6) is 0. The van der Waals surface area contributed by atoms with E-state index in [1.165, 1.54) is 47.5 Å². The third kappa shape index (κ3) is 1.95. The summed E-state index contributed by atoms with van der Waals surface area (Å²) < 4.78 is 5.17. The molecular weight excluding hydrogens is 322 g/mol. The Bertz CT molecular complexity index is 1280. The van der Waals surface area contributed by atoms with E-state index in [0.29, 0.717) is 0 Å². The quantitative estimate of drug-likeness (QED) is 0.285. The highest BCUT2D eigenvalue weighted by Gasteiger charge is 2.22. The monoisotopic (exact) mass is 343 g/mol. The average Bonchev–Trinajstić information content (AvgIpc) is 3.10. The summed E-state index contributed by atoms with van der Waals surface area (Å²) in [6, 6.07) is 20.1. The maximum Gasteiger partial charge on any atom is 0.0527 e. The van der Waals surface area contributed by atoms with Crippen LogP contribution in [0.15, 0.2) is 54.6 Å². The molecule has 2 heteroatoms. The van der Waals surface area contributed by atoms with E-state index >= 15 is 0 Å². The zero-order valence-electron chi connectivity index (χ0n) is 15.1. The fourth-order valence-electron chi connectivity index (χ4n) is 4.15. The summed E-state index contributed by atoms with van der Waals surface area (Å²) in [5.41, 5.74) is 4.24. The molecule has 0 radical (unpaired) electrons. The number of hydrogen-bond donors (Lipinski definition) is 0. The molecule has 5 rings (SSSR count). The first-order chi connectivity index (χ1) is 12.0. The predicted octanol–water partition coefficient (Wildman–Crippen LogP) is 7.00. The van der Waals surface area contributed by atoms with Crippen LogP contribution in [0.1, 0.15) is 26.3 Å². The van der Waals surface area contributed by atoms with Crippen molar-refractivity contribution in [1.29, 1.82) is 0 Å². The lowest BCUT2D eigenvalue weighted by molar-refractivity contribution is 0.593. The highest BCUT2D eigenvalue weighted by atomic mass is 32.1. The number of nitrogens with zero attached hydrogens (tertiary/aromatic N) is 1. The number of thiophene rings is 1. The van der Waals surface area contributed by atoms with Crippen LogP contribution in [0, 0.1) is 0 Å². The van der Waals surface area contributed by atoms with Crippen molar-refractivity contribution in [3.05, 3.63) is 60.2 Å². The van der Waals surface area contributed by atoms with E-state index in [-0.39, 0.29) is 5.41 Å². The minimum Gasteiger partial charge on any atom is -0.343 e. The molecule has 0 atom stereocenters. The van der Waals surface area contributed by atoms with Gasteiger partial charge in [-0.1, -0.05) is 63.2 Å². The lowest BCUT2D eigenvalue weighted by Gasteiger charge is -2.21. The molecule has 0 bridgehead atoms. The van der Waals surface area contributed by atoms with Gasteiger partial charge in [0, 0.05) is 38.0 Å². The lowest BCUT2D eigenvalue weighted by atomic mass is 9.85. The van der Waals surface area contributed by atoms with Crippen LogP contribution in [0.2, 0.25) is 0 Å². The number of benzene rings is 3. The van der Waals surface area contributed by atoms with Gasteiger partial charge in [-0.05, 0) is 23.1 Å². The molecule has 2 heterocycles. The standard InChI is InChI=1S/C23H21NS/c1-23(2,3)17-10-7-9-16-20-18(24(4)21(16)17)13-12-15-14-8-5-6-11-19(14)25-22(15)20/h5-13H,1-4H3. The van der Waals surface area contributed by atoms with E-state index in [0.717, 1.165) is 0 Å². The van der Waals surface area contributed by atoms with Crippen molar-refractivity contribution in [2.24, 2.45) is 7.05 Å². The summed E-state index contributed by atoms with van der Waals surface area (Å²) in [6.07, 6.45) is 0. The Balaban J connectivity index is 2.07. The zero-order chi connectivity index (χ0) is 17.3. The summed E-state index contributed by atoms with van der Waals surface area (Å²) in [4.78, 5) is 0. The van der Waals surface area contributed by atoms with E-state index in [2.05, 4.69) is 87.0 Å².